The van der Waals surface area contributed by atoms with E-state index in [2.05, 4.69) is 17.4 Å². The molecule has 2 aromatic rings. The van der Waals surface area contributed by atoms with Gasteiger partial charge in [0.15, 0.2) is 6.79 Å². The van der Waals surface area contributed by atoms with Crippen LogP contribution in [0, 0.1) is 0 Å². The van der Waals surface area contributed by atoms with E-state index in [9.17, 15) is 9.59 Å². The molecule has 5 rings (SSSR count). The van der Waals surface area contributed by atoms with Crippen LogP contribution < -0.4 is 10.1 Å². The number of hydrogen-bond acceptors (Lipinski definition) is 6. The number of carbonyl (C=O) groups is 2. The molecule has 1 N–H and O–H groups in total. The van der Waals surface area contributed by atoms with E-state index in [0.717, 1.165) is 16.9 Å². The van der Waals surface area contributed by atoms with Crippen molar-refractivity contribution >= 4 is 12.0 Å². The largest absolute Gasteiger partial charge is 0.465 e. The molecule has 1 fully saturated rings. The molecule has 0 bridgehead atoms. The first-order chi connectivity index (χ1) is 16.2. The second kappa shape index (κ2) is 8.61. The van der Waals surface area contributed by atoms with Crippen molar-refractivity contribution in [2.45, 2.75) is 64.0 Å². The van der Waals surface area contributed by atoms with Crippen molar-refractivity contribution < 1.29 is 23.8 Å². The molecule has 3 heterocycles. The van der Waals surface area contributed by atoms with Gasteiger partial charge >= 0.3 is 6.09 Å². The van der Waals surface area contributed by atoms with Crippen LogP contribution in [0.1, 0.15) is 68.1 Å². The maximum Gasteiger partial charge on any atom is 0.410 e. The van der Waals surface area contributed by atoms with E-state index in [0.29, 0.717) is 36.9 Å². The van der Waals surface area contributed by atoms with Gasteiger partial charge in [0.25, 0.3) is 0 Å². The summed E-state index contributed by atoms with van der Waals surface area (Å²) >= 11 is 0. The standard InChI is InChI=1S/C25H32N4O5/c1-25(2,3)34-24(31)28-10-9-19-23-17(12-22(30)26-13-20(23)28)27-29(19)18-8-7-16(15-5-6-15)11-21(18)33-14-32-4/h7-8,11,15,20H,5-6,9-10,12-14H2,1-4H3,(H,26,30). The zero-order valence-electron chi connectivity index (χ0n) is 20.2. The topological polar surface area (TPSA) is 94.9 Å². The highest BCUT2D eigenvalue weighted by Crippen LogP contribution is 2.43. The lowest BCUT2D eigenvalue weighted by molar-refractivity contribution is -0.120. The lowest BCUT2D eigenvalue weighted by Crippen LogP contribution is -2.46. The van der Waals surface area contributed by atoms with E-state index >= 15 is 0 Å². The summed E-state index contributed by atoms with van der Waals surface area (Å²) in [5.74, 6) is 1.18. The molecule has 1 aliphatic carbocycles. The van der Waals surface area contributed by atoms with Gasteiger partial charge in [-0.1, -0.05) is 6.07 Å². The smallest absolute Gasteiger partial charge is 0.410 e. The van der Waals surface area contributed by atoms with E-state index < -0.39 is 5.60 Å². The highest BCUT2D eigenvalue weighted by Gasteiger charge is 2.40. The number of carbonyl (C=O) groups excluding carboxylic acids is 2. The van der Waals surface area contributed by atoms with Gasteiger partial charge in [0.1, 0.15) is 17.0 Å². The predicted molar refractivity (Wildman–Crippen MR) is 124 cm³/mol. The first kappa shape index (κ1) is 22.7. The second-order valence-electron chi connectivity index (χ2n) is 10.2. The monoisotopic (exact) mass is 468 g/mol. The number of ether oxygens (including phenoxy) is 3. The summed E-state index contributed by atoms with van der Waals surface area (Å²) in [7, 11) is 1.60. The summed E-state index contributed by atoms with van der Waals surface area (Å²) in [6, 6.07) is 5.91. The van der Waals surface area contributed by atoms with Crippen LogP contribution in [0.3, 0.4) is 0 Å². The molecule has 34 heavy (non-hydrogen) atoms. The van der Waals surface area contributed by atoms with Crippen molar-refractivity contribution in [1.29, 1.82) is 0 Å². The molecule has 1 aromatic carbocycles. The zero-order chi connectivity index (χ0) is 24.0. The van der Waals surface area contributed by atoms with Gasteiger partial charge < -0.3 is 19.5 Å². The average Bonchev–Trinajstić information content (AvgIpc) is 3.58. The molecule has 9 heteroatoms. The van der Waals surface area contributed by atoms with Crippen LogP contribution in [0.5, 0.6) is 5.75 Å². The summed E-state index contributed by atoms with van der Waals surface area (Å²) in [6.45, 7) is 6.50. The van der Waals surface area contributed by atoms with Gasteiger partial charge in [-0.3, -0.25) is 9.69 Å². The highest BCUT2D eigenvalue weighted by atomic mass is 16.7. The molecular weight excluding hydrogens is 436 g/mol. The SMILES string of the molecule is COCOc1cc(C2CC2)ccc1-n1nc2c3c1CCN(C(=O)OC(C)(C)C)C3CNC(=O)C2. The van der Waals surface area contributed by atoms with Gasteiger partial charge in [-0.2, -0.15) is 5.10 Å². The fraction of sp³-hybridized carbons (Fsp3) is 0.560. The third-order valence-electron chi connectivity index (χ3n) is 6.44. The molecule has 1 unspecified atom stereocenters. The van der Waals surface area contributed by atoms with Crippen LogP contribution in [-0.4, -0.2) is 59.3 Å². The van der Waals surface area contributed by atoms with Crippen molar-refractivity contribution in [1.82, 2.24) is 20.0 Å². The minimum Gasteiger partial charge on any atom is -0.465 e. The summed E-state index contributed by atoms with van der Waals surface area (Å²) < 4.78 is 18.7. The van der Waals surface area contributed by atoms with Crippen molar-refractivity contribution in [2.75, 3.05) is 27.0 Å². The lowest BCUT2D eigenvalue weighted by Gasteiger charge is -2.36. The van der Waals surface area contributed by atoms with Gasteiger partial charge in [0, 0.05) is 32.2 Å². The average molecular weight is 469 g/mol. The van der Waals surface area contributed by atoms with Crippen molar-refractivity contribution in [2.24, 2.45) is 0 Å². The number of aromatic nitrogens is 2. The van der Waals surface area contributed by atoms with Gasteiger partial charge in [-0.25, -0.2) is 9.48 Å². The molecule has 2 aliphatic heterocycles. The van der Waals surface area contributed by atoms with Crippen molar-refractivity contribution in [3.05, 3.63) is 40.7 Å². The molecule has 0 saturated heterocycles. The van der Waals surface area contributed by atoms with Gasteiger partial charge in [-0.05, 0) is 57.2 Å². The number of nitrogens with zero attached hydrogens (tertiary/aromatic N) is 3. The number of hydrogen-bond donors (Lipinski definition) is 1. The van der Waals surface area contributed by atoms with Gasteiger partial charge in [-0.15, -0.1) is 0 Å². The van der Waals surface area contributed by atoms with E-state index in [4.69, 9.17) is 19.3 Å². The Morgan fingerprint density at radius 1 is 1.26 bits per heavy atom. The molecule has 3 aliphatic rings. The summed E-state index contributed by atoms with van der Waals surface area (Å²) in [6.07, 6.45) is 2.78. The maximum absolute atomic E-state index is 13.0. The lowest BCUT2D eigenvalue weighted by atomic mass is 9.96. The Morgan fingerprint density at radius 3 is 2.76 bits per heavy atom. The first-order valence-corrected chi connectivity index (χ1v) is 11.9. The number of rotatable bonds is 5. The normalized spacial score (nSPS) is 19.8. The Hall–Kier alpha value is -3.07. The van der Waals surface area contributed by atoms with Crippen molar-refractivity contribution in [3.8, 4) is 11.4 Å². The number of nitrogens with one attached hydrogen (secondary N) is 1. The zero-order valence-corrected chi connectivity index (χ0v) is 20.2. The third-order valence-corrected chi connectivity index (χ3v) is 6.44. The van der Waals surface area contributed by atoms with Crippen molar-refractivity contribution in [3.63, 3.8) is 0 Å². The minimum atomic E-state index is -0.602. The molecule has 0 spiro atoms. The summed E-state index contributed by atoms with van der Waals surface area (Å²) in [5.41, 5.74) is 4.08. The van der Waals surface area contributed by atoms with Gasteiger partial charge in [0.05, 0.1) is 23.9 Å². The Labute approximate surface area is 199 Å². The second-order valence-corrected chi connectivity index (χ2v) is 10.2. The van der Waals surface area contributed by atoms with E-state index in [1.807, 2.05) is 31.5 Å². The molecule has 182 valence electrons. The third kappa shape index (κ3) is 4.36. The molecule has 1 saturated carbocycles. The van der Waals surface area contributed by atoms with Crippen LogP contribution in [-0.2, 0) is 27.1 Å². The molecule has 0 radical (unpaired) electrons. The Kier molecular flexibility index (Phi) is 5.75. The Bertz CT molecular complexity index is 1120. The summed E-state index contributed by atoms with van der Waals surface area (Å²) in [4.78, 5) is 27.2. The van der Waals surface area contributed by atoms with Crippen LogP contribution in [0.25, 0.3) is 5.69 Å². The van der Waals surface area contributed by atoms with E-state index in [-0.39, 0.29) is 31.3 Å². The van der Waals surface area contributed by atoms with E-state index in [1.54, 1.807) is 12.0 Å². The minimum absolute atomic E-state index is 0.106. The quantitative estimate of drug-likeness (QED) is 0.677. The Balaban J connectivity index is 1.56. The number of amides is 2. The maximum atomic E-state index is 13.0. The van der Waals surface area contributed by atoms with Crippen LogP contribution >= 0.6 is 0 Å². The fourth-order valence-electron chi connectivity index (χ4n) is 4.80. The van der Waals surface area contributed by atoms with Gasteiger partial charge in [0.2, 0.25) is 5.91 Å². The molecular formula is C25H32N4O5. The molecule has 1 aromatic heterocycles. The Morgan fingerprint density at radius 2 is 2.06 bits per heavy atom. The number of methoxy groups -OCH3 is 1. The van der Waals surface area contributed by atoms with Crippen LogP contribution in [0.2, 0.25) is 0 Å². The van der Waals surface area contributed by atoms with Crippen LogP contribution in [0.4, 0.5) is 4.79 Å². The molecule has 9 nitrogen and oxygen atoms in total. The number of benzene rings is 1. The van der Waals surface area contributed by atoms with E-state index in [1.165, 1.54) is 18.4 Å². The fourth-order valence-corrected chi connectivity index (χ4v) is 4.80. The molecule has 1 atom stereocenters. The first-order valence-electron chi connectivity index (χ1n) is 11.9. The molecule has 2 amide bonds. The predicted octanol–water partition coefficient (Wildman–Crippen LogP) is 3.24. The highest BCUT2D eigenvalue weighted by molar-refractivity contribution is 5.80. The van der Waals surface area contributed by atoms with Crippen LogP contribution in [0.15, 0.2) is 18.2 Å². The summed E-state index contributed by atoms with van der Waals surface area (Å²) in [5, 5.41) is 7.81.